The van der Waals surface area contributed by atoms with Crippen molar-refractivity contribution in [2.24, 2.45) is 0 Å². The molecular weight excluding hydrogens is 281 g/mol. The molecule has 0 bridgehead atoms. The number of halogens is 3. The minimum absolute atomic E-state index is 0.331. The van der Waals surface area contributed by atoms with E-state index in [4.69, 9.17) is 0 Å². The summed E-state index contributed by atoms with van der Waals surface area (Å²) >= 11 is 0. The molecule has 0 aliphatic heterocycles. The molecule has 2 rings (SSSR count). The Morgan fingerprint density at radius 2 is 1.67 bits per heavy atom. The molecule has 0 unspecified atom stereocenters. The molecule has 1 heterocycles. The summed E-state index contributed by atoms with van der Waals surface area (Å²) in [5.74, 6) is -2.58. The molecule has 2 aromatic rings. The van der Waals surface area contributed by atoms with Crippen molar-refractivity contribution in [3.05, 3.63) is 47.5 Å². The maximum atomic E-state index is 13.1. The Morgan fingerprint density at radius 1 is 1.05 bits per heavy atom. The van der Waals surface area contributed by atoms with Gasteiger partial charge in [-0.3, -0.25) is 0 Å². The first-order valence-electron chi connectivity index (χ1n) is 6.34. The molecule has 0 aliphatic rings. The molecule has 0 aliphatic carbocycles. The van der Waals surface area contributed by atoms with Crippen molar-refractivity contribution in [2.45, 2.75) is 6.42 Å². The quantitative estimate of drug-likeness (QED) is 0.861. The molecule has 0 saturated heterocycles. The van der Waals surface area contributed by atoms with E-state index < -0.39 is 17.5 Å². The Balaban J connectivity index is 2.02. The van der Waals surface area contributed by atoms with E-state index >= 15 is 0 Å². The highest BCUT2D eigenvalue weighted by Gasteiger charge is 2.11. The summed E-state index contributed by atoms with van der Waals surface area (Å²) in [6, 6.07) is 1.98. The second-order valence-corrected chi connectivity index (χ2v) is 4.67. The van der Waals surface area contributed by atoms with E-state index in [0.29, 0.717) is 30.2 Å². The lowest BCUT2D eigenvalue weighted by Crippen LogP contribution is -2.16. The van der Waals surface area contributed by atoms with Crippen molar-refractivity contribution in [1.82, 2.24) is 9.97 Å². The third kappa shape index (κ3) is 3.62. The summed E-state index contributed by atoms with van der Waals surface area (Å²) in [6.07, 6.45) is 3.45. The van der Waals surface area contributed by atoms with Gasteiger partial charge < -0.3 is 10.2 Å². The Kier molecular flexibility index (Phi) is 4.62. The fraction of sp³-hybridized carbons (Fsp3) is 0.286. The number of benzene rings is 1. The zero-order valence-electron chi connectivity index (χ0n) is 11.7. The first kappa shape index (κ1) is 15.1. The lowest BCUT2D eigenvalue weighted by atomic mass is 10.1. The minimum Gasteiger partial charge on any atom is -0.367 e. The van der Waals surface area contributed by atoms with E-state index in [0.717, 1.165) is 12.1 Å². The zero-order valence-corrected chi connectivity index (χ0v) is 11.7. The average molecular weight is 296 g/mol. The minimum atomic E-state index is -1.45. The molecule has 0 radical (unpaired) electrons. The number of nitrogens with zero attached hydrogens (tertiary/aromatic N) is 3. The molecule has 112 valence electrons. The number of rotatable bonds is 5. The van der Waals surface area contributed by atoms with Crippen LogP contribution < -0.4 is 10.2 Å². The van der Waals surface area contributed by atoms with Crippen LogP contribution in [0.25, 0.3) is 0 Å². The van der Waals surface area contributed by atoms with Crippen LogP contribution in [0.5, 0.6) is 0 Å². The summed E-state index contributed by atoms with van der Waals surface area (Å²) in [6.45, 7) is 0.393. The fourth-order valence-corrected chi connectivity index (χ4v) is 1.86. The van der Waals surface area contributed by atoms with E-state index in [1.807, 2.05) is 14.1 Å². The summed E-state index contributed by atoms with van der Waals surface area (Å²) in [5, 5.41) is 3.04. The SMILES string of the molecule is CN(C)c1nccnc1NCCc1cc(F)c(F)c(F)c1. The molecular formula is C14H15F3N4. The largest absolute Gasteiger partial charge is 0.367 e. The van der Waals surface area contributed by atoms with E-state index in [-0.39, 0.29) is 0 Å². The Morgan fingerprint density at radius 3 is 2.29 bits per heavy atom. The van der Waals surface area contributed by atoms with Gasteiger partial charge in [-0.25, -0.2) is 23.1 Å². The van der Waals surface area contributed by atoms with Crippen molar-refractivity contribution < 1.29 is 13.2 Å². The third-order valence-electron chi connectivity index (χ3n) is 2.85. The lowest BCUT2D eigenvalue weighted by Gasteiger charge is -2.15. The Bertz CT molecular complexity index is 608. The molecule has 0 fully saturated rings. The predicted octanol–water partition coefficient (Wildman–Crippen LogP) is 2.61. The van der Waals surface area contributed by atoms with Crippen LogP contribution in [0.1, 0.15) is 5.56 Å². The zero-order chi connectivity index (χ0) is 15.4. The van der Waals surface area contributed by atoms with E-state index in [1.54, 1.807) is 17.3 Å². The highest BCUT2D eigenvalue weighted by atomic mass is 19.2. The van der Waals surface area contributed by atoms with Gasteiger partial charge in [0.05, 0.1) is 0 Å². The van der Waals surface area contributed by atoms with Gasteiger partial charge in [0.1, 0.15) is 0 Å². The summed E-state index contributed by atoms with van der Waals surface area (Å²) in [7, 11) is 3.67. The third-order valence-corrected chi connectivity index (χ3v) is 2.85. The van der Waals surface area contributed by atoms with E-state index in [9.17, 15) is 13.2 Å². The van der Waals surface area contributed by atoms with Gasteiger partial charge in [0, 0.05) is 33.0 Å². The van der Waals surface area contributed by atoms with E-state index in [2.05, 4.69) is 15.3 Å². The van der Waals surface area contributed by atoms with Gasteiger partial charge in [0.2, 0.25) is 0 Å². The smallest absolute Gasteiger partial charge is 0.194 e. The van der Waals surface area contributed by atoms with Crippen molar-refractivity contribution in [3.8, 4) is 0 Å². The highest BCUT2D eigenvalue weighted by molar-refractivity contribution is 5.59. The summed E-state index contributed by atoms with van der Waals surface area (Å²) in [5.41, 5.74) is 0.370. The summed E-state index contributed by atoms with van der Waals surface area (Å²) < 4.78 is 39.0. The van der Waals surface area contributed by atoms with Crippen molar-refractivity contribution in [2.75, 3.05) is 30.9 Å². The monoisotopic (exact) mass is 296 g/mol. The second kappa shape index (κ2) is 6.43. The van der Waals surface area contributed by atoms with Gasteiger partial charge >= 0.3 is 0 Å². The maximum Gasteiger partial charge on any atom is 0.194 e. The normalized spacial score (nSPS) is 10.5. The van der Waals surface area contributed by atoms with Crippen LogP contribution in [0, 0.1) is 17.5 Å². The van der Waals surface area contributed by atoms with Gasteiger partial charge in [-0.05, 0) is 24.1 Å². The van der Waals surface area contributed by atoms with Gasteiger partial charge in [0.25, 0.3) is 0 Å². The Hall–Kier alpha value is -2.31. The van der Waals surface area contributed by atoms with Crippen LogP contribution in [0.4, 0.5) is 24.8 Å². The van der Waals surface area contributed by atoms with Crippen LogP contribution in [-0.4, -0.2) is 30.6 Å². The lowest BCUT2D eigenvalue weighted by molar-refractivity contribution is 0.445. The molecule has 0 amide bonds. The van der Waals surface area contributed by atoms with Gasteiger partial charge in [-0.15, -0.1) is 0 Å². The van der Waals surface area contributed by atoms with Crippen LogP contribution >= 0.6 is 0 Å². The molecule has 4 nitrogen and oxygen atoms in total. The number of hydrogen-bond acceptors (Lipinski definition) is 4. The first-order valence-corrected chi connectivity index (χ1v) is 6.34. The fourth-order valence-electron chi connectivity index (χ4n) is 1.86. The van der Waals surface area contributed by atoms with Crippen LogP contribution in [0.2, 0.25) is 0 Å². The van der Waals surface area contributed by atoms with Gasteiger partial charge in [-0.2, -0.15) is 0 Å². The van der Waals surface area contributed by atoms with Crippen LogP contribution in [0.3, 0.4) is 0 Å². The molecule has 1 aromatic carbocycles. The van der Waals surface area contributed by atoms with Crippen LogP contribution in [0.15, 0.2) is 24.5 Å². The molecule has 0 saturated carbocycles. The average Bonchev–Trinajstić information content (AvgIpc) is 2.45. The highest BCUT2D eigenvalue weighted by Crippen LogP contribution is 2.18. The summed E-state index contributed by atoms with van der Waals surface area (Å²) in [4.78, 5) is 10.1. The molecule has 0 spiro atoms. The van der Waals surface area contributed by atoms with Crippen molar-refractivity contribution in [1.29, 1.82) is 0 Å². The molecule has 7 heteroatoms. The molecule has 0 atom stereocenters. The van der Waals surface area contributed by atoms with E-state index in [1.165, 1.54) is 0 Å². The van der Waals surface area contributed by atoms with Crippen molar-refractivity contribution >= 4 is 11.6 Å². The topological polar surface area (TPSA) is 41.1 Å². The van der Waals surface area contributed by atoms with Gasteiger partial charge in [-0.1, -0.05) is 0 Å². The molecule has 1 aromatic heterocycles. The standard InChI is InChI=1S/C14H15F3N4/c1-21(2)14-13(19-5-6-20-14)18-4-3-9-7-10(15)12(17)11(16)8-9/h5-8H,3-4H2,1-2H3,(H,18,19). The number of nitrogens with one attached hydrogen (secondary N) is 1. The molecule has 1 N–H and O–H groups in total. The first-order chi connectivity index (χ1) is 9.99. The van der Waals surface area contributed by atoms with Gasteiger partial charge in [0.15, 0.2) is 29.1 Å². The van der Waals surface area contributed by atoms with Crippen molar-refractivity contribution in [3.63, 3.8) is 0 Å². The second-order valence-electron chi connectivity index (χ2n) is 4.67. The number of hydrogen-bond donors (Lipinski definition) is 1. The van der Waals surface area contributed by atoms with Crippen LogP contribution in [-0.2, 0) is 6.42 Å². The predicted molar refractivity (Wildman–Crippen MR) is 74.9 cm³/mol. The Labute approximate surface area is 120 Å². The number of anilines is 2. The maximum absolute atomic E-state index is 13.1. The molecule has 21 heavy (non-hydrogen) atoms. The number of aromatic nitrogens is 2.